The highest BCUT2D eigenvalue weighted by molar-refractivity contribution is 5.88. The number of carboxylic acid groups (broad SMARTS) is 1. The number of hydrogen-bond donors (Lipinski definition) is 3. The third-order valence-corrected chi connectivity index (χ3v) is 2.40. The van der Waals surface area contributed by atoms with E-state index >= 15 is 0 Å². The highest BCUT2D eigenvalue weighted by Gasteiger charge is 2.06. The van der Waals surface area contributed by atoms with Gasteiger partial charge in [-0.3, -0.25) is 0 Å². The minimum absolute atomic E-state index is 0.141. The fraction of sp³-hybridized carbons (Fsp3) is 0. The van der Waals surface area contributed by atoms with Gasteiger partial charge in [0.25, 0.3) is 0 Å². The van der Waals surface area contributed by atoms with Gasteiger partial charge in [-0.1, -0.05) is 12.1 Å². The average molecular weight is 272 g/mol. The number of furan rings is 1. The summed E-state index contributed by atoms with van der Waals surface area (Å²) in [4.78, 5) is 10.8. The summed E-state index contributed by atoms with van der Waals surface area (Å²) in [6.45, 7) is 0. The fourth-order valence-corrected chi connectivity index (χ4v) is 1.51. The lowest BCUT2D eigenvalue weighted by Crippen LogP contribution is -2.21. The summed E-state index contributed by atoms with van der Waals surface area (Å²) in [5.74, 6) is -0.0428. The van der Waals surface area contributed by atoms with Gasteiger partial charge in [-0.05, 0) is 24.3 Å². The van der Waals surface area contributed by atoms with E-state index in [1.54, 1.807) is 24.3 Å². The molecule has 0 aliphatic carbocycles. The third kappa shape index (κ3) is 3.22. The number of benzene rings is 1. The molecular weight excluding hydrogens is 260 g/mol. The standard InChI is InChI=1S/C13H12N4O3/c14-13(15)17-16-7-10-5-6-11(20-10)8-1-3-9(4-2-8)12(18)19/h1-7H,(H,18,19)(H4,14,15,17). The van der Waals surface area contributed by atoms with Gasteiger partial charge in [0.05, 0.1) is 11.8 Å². The Morgan fingerprint density at radius 2 is 1.85 bits per heavy atom. The van der Waals surface area contributed by atoms with Crippen LogP contribution in [0.15, 0.2) is 51.0 Å². The Hall–Kier alpha value is -3.09. The van der Waals surface area contributed by atoms with Crippen LogP contribution in [0.5, 0.6) is 0 Å². The van der Waals surface area contributed by atoms with Crippen molar-refractivity contribution in [3.63, 3.8) is 0 Å². The largest absolute Gasteiger partial charge is 0.478 e. The van der Waals surface area contributed by atoms with E-state index in [2.05, 4.69) is 10.2 Å². The highest BCUT2D eigenvalue weighted by Crippen LogP contribution is 2.22. The van der Waals surface area contributed by atoms with E-state index < -0.39 is 5.97 Å². The van der Waals surface area contributed by atoms with Gasteiger partial charge in [0.1, 0.15) is 11.5 Å². The molecule has 7 nitrogen and oxygen atoms in total. The molecule has 0 atom stereocenters. The Morgan fingerprint density at radius 1 is 1.15 bits per heavy atom. The summed E-state index contributed by atoms with van der Waals surface area (Å²) in [6.07, 6.45) is 1.37. The van der Waals surface area contributed by atoms with Gasteiger partial charge in [0, 0.05) is 5.56 Å². The number of rotatable bonds is 4. The van der Waals surface area contributed by atoms with Crippen LogP contribution < -0.4 is 11.5 Å². The summed E-state index contributed by atoms with van der Waals surface area (Å²) in [6, 6.07) is 9.79. The Morgan fingerprint density at radius 3 is 2.45 bits per heavy atom. The average Bonchev–Trinajstić information content (AvgIpc) is 2.87. The number of carbonyl (C=O) groups is 1. The molecule has 1 heterocycles. The molecule has 0 saturated carbocycles. The molecule has 20 heavy (non-hydrogen) atoms. The fourth-order valence-electron chi connectivity index (χ4n) is 1.51. The van der Waals surface area contributed by atoms with Crippen LogP contribution in [0.25, 0.3) is 11.3 Å². The van der Waals surface area contributed by atoms with Crippen LogP contribution in [-0.2, 0) is 0 Å². The first kappa shape index (κ1) is 13.3. The third-order valence-electron chi connectivity index (χ3n) is 2.40. The molecule has 0 aliphatic rings. The lowest BCUT2D eigenvalue weighted by Gasteiger charge is -1.97. The van der Waals surface area contributed by atoms with E-state index in [1.807, 2.05) is 0 Å². The summed E-state index contributed by atoms with van der Waals surface area (Å²) >= 11 is 0. The Bertz CT molecular complexity index is 667. The second kappa shape index (κ2) is 5.70. The molecule has 0 radical (unpaired) electrons. The van der Waals surface area contributed by atoms with Gasteiger partial charge in [-0.25, -0.2) is 4.79 Å². The van der Waals surface area contributed by atoms with Crippen LogP contribution in [-0.4, -0.2) is 23.2 Å². The number of nitrogens with two attached hydrogens (primary N) is 2. The molecule has 2 rings (SSSR count). The Labute approximate surface area is 114 Å². The smallest absolute Gasteiger partial charge is 0.335 e. The maximum Gasteiger partial charge on any atom is 0.335 e. The van der Waals surface area contributed by atoms with E-state index in [-0.39, 0.29) is 11.5 Å². The quantitative estimate of drug-likeness (QED) is 0.438. The summed E-state index contributed by atoms with van der Waals surface area (Å²) in [7, 11) is 0. The summed E-state index contributed by atoms with van der Waals surface area (Å²) in [5, 5.41) is 15.9. The number of aromatic carboxylic acids is 1. The van der Waals surface area contributed by atoms with Crippen LogP contribution >= 0.6 is 0 Å². The van der Waals surface area contributed by atoms with Crippen molar-refractivity contribution < 1.29 is 14.3 Å². The molecule has 1 aromatic heterocycles. The molecule has 0 spiro atoms. The first-order valence-electron chi connectivity index (χ1n) is 5.62. The van der Waals surface area contributed by atoms with Crippen molar-refractivity contribution in [1.82, 2.24) is 0 Å². The molecule has 1 aromatic carbocycles. The van der Waals surface area contributed by atoms with Crippen LogP contribution in [0.1, 0.15) is 16.1 Å². The molecular formula is C13H12N4O3. The lowest BCUT2D eigenvalue weighted by atomic mass is 10.1. The van der Waals surface area contributed by atoms with Crippen molar-refractivity contribution >= 4 is 18.1 Å². The first-order valence-corrected chi connectivity index (χ1v) is 5.62. The predicted molar refractivity (Wildman–Crippen MR) is 74.5 cm³/mol. The molecule has 102 valence electrons. The summed E-state index contributed by atoms with van der Waals surface area (Å²) < 4.78 is 5.50. The van der Waals surface area contributed by atoms with E-state index in [1.165, 1.54) is 18.3 Å². The molecule has 0 unspecified atom stereocenters. The molecule has 5 N–H and O–H groups in total. The monoisotopic (exact) mass is 272 g/mol. The maximum absolute atomic E-state index is 10.8. The Balaban J connectivity index is 2.18. The van der Waals surface area contributed by atoms with Crippen LogP contribution in [0.4, 0.5) is 0 Å². The molecule has 7 heteroatoms. The number of guanidine groups is 1. The number of nitrogens with zero attached hydrogens (tertiary/aromatic N) is 2. The van der Waals surface area contributed by atoms with Crippen molar-refractivity contribution in [2.24, 2.45) is 21.7 Å². The zero-order valence-electron chi connectivity index (χ0n) is 10.4. The molecule has 0 fully saturated rings. The minimum atomic E-state index is -0.971. The van der Waals surface area contributed by atoms with E-state index in [0.717, 1.165) is 5.56 Å². The normalized spacial score (nSPS) is 10.6. The maximum atomic E-state index is 10.8. The van der Waals surface area contributed by atoms with Gasteiger partial charge in [-0.15, -0.1) is 5.10 Å². The van der Waals surface area contributed by atoms with Crippen molar-refractivity contribution in [3.05, 3.63) is 47.7 Å². The van der Waals surface area contributed by atoms with Crippen molar-refractivity contribution in [3.8, 4) is 11.3 Å². The van der Waals surface area contributed by atoms with E-state index in [9.17, 15) is 4.79 Å². The van der Waals surface area contributed by atoms with Crippen molar-refractivity contribution in [1.29, 1.82) is 0 Å². The number of carboxylic acids is 1. The first-order chi connectivity index (χ1) is 9.56. The minimum Gasteiger partial charge on any atom is -0.478 e. The lowest BCUT2D eigenvalue weighted by molar-refractivity contribution is 0.0697. The van der Waals surface area contributed by atoms with Crippen LogP contribution in [0.2, 0.25) is 0 Å². The Kier molecular flexibility index (Phi) is 3.80. The molecule has 2 aromatic rings. The molecule has 0 saturated heterocycles. The van der Waals surface area contributed by atoms with Gasteiger partial charge in [0.2, 0.25) is 5.96 Å². The van der Waals surface area contributed by atoms with Crippen molar-refractivity contribution in [2.45, 2.75) is 0 Å². The zero-order chi connectivity index (χ0) is 14.5. The topological polar surface area (TPSA) is 127 Å². The van der Waals surface area contributed by atoms with Crippen LogP contribution in [0.3, 0.4) is 0 Å². The van der Waals surface area contributed by atoms with Crippen LogP contribution in [0, 0.1) is 0 Å². The van der Waals surface area contributed by atoms with Gasteiger partial charge >= 0.3 is 5.97 Å². The number of hydrogen-bond acceptors (Lipinski definition) is 4. The predicted octanol–water partition coefficient (Wildman–Crippen LogP) is 1.25. The van der Waals surface area contributed by atoms with Gasteiger partial charge < -0.3 is 21.0 Å². The van der Waals surface area contributed by atoms with E-state index in [0.29, 0.717) is 11.5 Å². The second-order valence-electron chi connectivity index (χ2n) is 3.85. The van der Waals surface area contributed by atoms with Gasteiger partial charge in [-0.2, -0.15) is 5.10 Å². The molecule has 0 amide bonds. The zero-order valence-corrected chi connectivity index (χ0v) is 10.4. The second-order valence-corrected chi connectivity index (χ2v) is 3.85. The van der Waals surface area contributed by atoms with Crippen molar-refractivity contribution in [2.75, 3.05) is 0 Å². The molecule has 0 bridgehead atoms. The highest BCUT2D eigenvalue weighted by atomic mass is 16.4. The van der Waals surface area contributed by atoms with Gasteiger partial charge in [0.15, 0.2) is 0 Å². The van der Waals surface area contributed by atoms with E-state index in [4.69, 9.17) is 21.0 Å². The SMILES string of the molecule is NC(N)=NN=Cc1ccc(-c2ccc(C(=O)O)cc2)o1. The summed E-state index contributed by atoms with van der Waals surface area (Å²) in [5.41, 5.74) is 11.2. The molecule has 0 aliphatic heterocycles.